The van der Waals surface area contributed by atoms with Gasteiger partial charge < -0.3 is 14.7 Å². The molecule has 0 amide bonds. The number of hydrogen-bond donors (Lipinski definition) is 2. The van der Waals surface area contributed by atoms with Crippen LogP contribution in [0.5, 0.6) is 0 Å². The minimum Gasteiger partial charge on any atom is -0.477 e. The number of hydrogen-bond acceptors (Lipinski definition) is 2. The van der Waals surface area contributed by atoms with Crippen molar-refractivity contribution >= 4 is 24.3 Å². The topological polar surface area (TPSA) is 58.0 Å². The zero-order chi connectivity index (χ0) is 13.0. The molecule has 2 aromatic rings. The van der Waals surface area contributed by atoms with Gasteiger partial charge in [0.05, 0.1) is 0 Å². The Morgan fingerprint density at radius 2 is 2.11 bits per heavy atom. The highest BCUT2D eigenvalue weighted by Crippen LogP contribution is 2.05. The van der Waals surface area contributed by atoms with E-state index < -0.39 is 5.97 Å². The van der Waals surface area contributed by atoms with E-state index >= 15 is 0 Å². The van der Waals surface area contributed by atoms with Crippen LogP contribution in [-0.4, -0.2) is 20.6 Å². The molecule has 0 spiro atoms. The van der Waals surface area contributed by atoms with Crippen molar-refractivity contribution in [1.82, 2.24) is 9.55 Å². The van der Waals surface area contributed by atoms with Gasteiger partial charge in [-0.3, -0.25) is 0 Å². The Morgan fingerprint density at radius 3 is 2.78 bits per heavy atom. The van der Waals surface area contributed by atoms with E-state index in [0.29, 0.717) is 11.3 Å². The number of carbonyl (C=O) groups is 1. The summed E-state index contributed by atoms with van der Waals surface area (Å²) in [6, 6.07) is 9.80. The van der Waals surface area contributed by atoms with Crippen molar-refractivity contribution in [2.75, 3.05) is 0 Å². The number of benzene rings is 1. The summed E-state index contributed by atoms with van der Waals surface area (Å²) in [6.07, 6.45) is 5.22. The highest BCUT2D eigenvalue weighted by Gasteiger charge is 2.09. The highest BCUT2D eigenvalue weighted by molar-refractivity contribution is 7.71. The molecular weight excluding hydrogens is 248 g/mol. The SMILES string of the molecule is O=C(O)c1c[nH]c(=S)n1CC=Cc1ccccc1. The predicted octanol–water partition coefficient (Wildman–Crippen LogP) is 2.96. The summed E-state index contributed by atoms with van der Waals surface area (Å²) >= 11 is 5.03. The molecule has 0 radical (unpaired) electrons. The van der Waals surface area contributed by atoms with Gasteiger partial charge in [0.25, 0.3) is 0 Å². The lowest BCUT2D eigenvalue weighted by atomic mass is 10.2. The van der Waals surface area contributed by atoms with E-state index in [1.54, 1.807) is 0 Å². The lowest BCUT2D eigenvalue weighted by Gasteiger charge is -2.00. The van der Waals surface area contributed by atoms with Crippen LogP contribution in [0, 0.1) is 4.77 Å². The van der Waals surface area contributed by atoms with E-state index in [9.17, 15) is 4.79 Å². The van der Waals surface area contributed by atoms with Crippen LogP contribution in [0.15, 0.2) is 42.6 Å². The van der Waals surface area contributed by atoms with Gasteiger partial charge >= 0.3 is 5.97 Å². The van der Waals surface area contributed by atoms with Crippen LogP contribution in [0.25, 0.3) is 6.08 Å². The fraction of sp³-hybridized carbons (Fsp3) is 0.0769. The molecule has 0 unspecified atom stereocenters. The number of carboxylic acid groups (broad SMARTS) is 1. The second-order valence-corrected chi connectivity index (χ2v) is 4.09. The number of aromatic nitrogens is 2. The Labute approximate surface area is 109 Å². The maximum atomic E-state index is 11.0. The van der Waals surface area contributed by atoms with Gasteiger partial charge in [0.15, 0.2) is 4.77 Å². The first-order chi connectivity index (χ1) is 8.68. The zero-order valence-corrected chi connectivity index (χ0v) is 10.4. The van der Waals surface area contributed by atoms with Crippen LogP contribution in [0.4, 0.5) is 0 Å². The summed E-state index contributed by atoms with van der Waals surface area (Å²) in [5.74, 6) is -0.990. The Hall–Kier alpha value is -2.14. The molecule has 0 aliphatic carbocycles. The fourth-order valence-corrected chi connectivity index (χ4v) is 1.84. The average Bonchev–Trinajstić information content (AvgIpc) is 2.73. The molecular formula is C13H12N2O2S. The van der Waals surface area contributed by atoms with Crippen LogP contribution in [0.3, 0.4) is 0 Å². The molecule has 0 aliphatic heterocycles. The first kappa shape index (κ1) is 12.3. The lowest BCUT2D eigenvalue weighted by molar-refractivity contribution is 0.0685. The highest BCUT2D eigenvalue weighted by atomic mass is 32.1. The average molecular weight is 260 g/mol. The predicted molar refractivity (Wildman–Crippen MR) is 72.1 cm³/mol. The molecule has 0 aliphatic rings. The van der Waals surface area contributed by atoms with Crippen LogP contribution in [0.1, 0.15) is 16.1 Å². The van der Waals surface area contributed by atoms with Gasteiger partial charge in [0, 0.05) is 12.7 Å². The molecule has 1 aromatic heterocycles. The molecule has 0 atom stereocenters. The molecule has 2 N–H and O–H groups in total. The molecule has 0 bridgehead atoms. The molecule has 0 fully saturated rings. The molecule has 4 nitrogen and oxygen atoms in total. The first-order valence-corrected chi connectivity index (χ1v) is 5.82. The van der Waals surface area contributed by atoms with E-state index in [1.807, 2.05) is 42.5 Å². The third-order valence-corrected chi connectivity index (χ3v) is 2.82. The summed E-state index contributed by atoms with van der Waals surface area (Å²) in [5.41, 5.74) is 1.23. The minimum atomic E-state index is -0.990. The van der Waals surface area contributed by atoms with Gasteiger partial charge in [-0.15, -0.1) is 0 Å². The van der Waals surface area contributed by atoms with Crippen molar-refractivity contribution in [2.45, 2.75) is 6.54 Å². The Kier molecular flexibility index (Phi) is 3.74. The van der Waals surface area contributed by atoms with Crippen molar-refractivity contribution in [3.05, 3.63) is 58.6 Å². The number of aromatic amines is 1. The number of aromatic carboxylic acids is 1. The Morgan fingerprint density at radius 1 is 1.39 bits per heavy atom. The molecule has 1 aromatic carbocycles. The number of allylic oxidation sites excluding steroid dienone is 1. The van der Waals surface area contributed by atoms with Gasteiger partial charge in [-0.2, -0.15) is 0 Å². The third-order valence-electron chi connectivity index (χ3n) is 2.49. The van der Waals surface area contributed by atoms with Crippen LogP contribution < -0.4 is 0 Å². The molecule has 18 heavy (non-hydrogen) atoms. The van der Waals surface area contributed by atoms with Crippen LogP contribution in [-0.2, 0) is 6.54 Å². The molecule has 92 valence electrons. The maximum Gasteiger partial charge on any atom is 0.354 e. The second kappa shape index (κ2) is 5.46. The summed E-state index contributed by atoms with van der Waals surface area (Å²) in [5, 5.41) is 8.98. The molecule has 2 rings (SSSR count). The quantitative estimate of drug-likeness (QED) is 0.831. The molecule has 0 saturated heterocycles. The van der Waals surface area contributed by atoms with E-state index in [-0.39, 0.29) is 5.69 Å². The lowest BCUT2D eigenvalue weighted by Crippen LogP contribution is -2.07. The molecule has 5 heteroatoms. The first-order valence-electron chi connectivity index (χ1n) is 5.41. The summed E-state index contributed by atoms with van der Waals surface area (Å²) in [7, 11) is 0. The van der Waals surface area contributed by atoms with Crippen molar-refractivity contribution in [2.24, 2.45) is 0 Å². The Bertz CT molecular complexity index is 626. The number of imidazole rings is 1. The van der Waals surface area contributed by atoms with E-state index in [0.717, 1.165) is 5.56 Å². The number of carboxylic acids is 1. The number of nitrogens with zero attached hydrogens (tertiary/aromatic N) is 1. The number of nitrogens with one attached hydrogen (secondary N) is 1. The van der Waals surface area contributed by atoms with Gasteiger partial charge in [-0.1, -0.05) is 42.5 Å². The molecule has 0 saturated carbocycles. The molecule has 1 heterocycles. The second-order valence-electron chi connectivity index (χ2n) is 3.71. The summed E-state index contributed by atoms with van der Waals surface area (Å²) in [4.78, 5) is 13.7. The summed E-state index contributed by atoms with van der Waals surface area (Å²) in [6.45, 7) is 0.429. The standard InChI is InChI=1S/C13H12N2O2S/c16-12(17)11-9-14-13(18)15(11)8-4-7-10-5-2-1-3-6-10/h1-7,9H,8H2,(H,14,18)(H,16,17). The van der Waals surface area contributed by atoms with Crippen molar-refractivity contribution < 1.29 is 9.90 Å². The number of rotatable bonds is 4. The van der Waals surface area contributed by atoms with Gasteiger partial charge in [-0.05, 0) is 17.8 Å². The van der Waals surface area contributed by atoms with Gasteiger partial charge in [-0.25, -0.2) is 4.79 Å². The van der Waals surface area contributed by atoms with Gasteiger partial charge in [0.1, 0.15) is 5.69 Å². The summed E-state index contributed by atoms with van der Waals surface area (Å²) < 4.78 is 1.95. The smallest absolute Gasteiger partial charge is 0.354 e. The largest absolute Gasteiger partial charge is 0.477 e. The third kappa shape index (κ3) is 2.75. The van der Waals surface area contributed by atoms with E-state index in [4.69, 9.17) is 17.3 Å². The van der Waals surface area contributed by atoms with E-state index in [1.165, 1.54) is 10.8 Å². The van der Waals surface area contributed by atoms with Crippen molar-refractivity contribution in [1.29, 1.82) is 0 Å². The van der Waals surface area contributed by atoms with Crippen LogP contribution >= 0.6 is 12.2 Å². The zero-order valence-electron chi connectivity index (χ0n) is 9.54. The number of H-pyrrole nitrogens is 1. The van der Waals surface area contributed by atoms with Gasteiger partial charge in [0.2, 0.25) is 0 Å². The monoisotopic (exact) mass is 260 g/mol. The van der Waals surface area contributed by atoms with Crippen molar-refractivity contribution in [3.8, 4) is 0 Å². The normalized spacial score (nSPS) is 10.9. The minimum absolute atomic E-state index is 0.165. The Balaban J connectivity index is 2.16. The van der Waals surface area contributed by atoms with E-state index in [2.05, 4.69) is 4.98 Å². The van der Waals surface area contributed by atoms with Crippen LogP contribution in [0.2, 0.25) is 0 Å². The maximum absolute atomic E-state index is 11.0. The van der Waals surface area contributed by atoms with Crippen molar-refractivity contribution in [3.63, 3.8) is 0 Å². The fourth-order valence-electron chi connectivity index (χ4n) is 1.61.